The topological polar surface area (TPSA) is 83.3 Å². The summed E-state index contributed by atoms with van der Waals surface area (Å²) in [5.41, 5.74) is -0.0971. The van der Waals surface area contributed by atoms with Gasteiger partial charge in [-0.1, -0.05) is 12.1 Å². The van der Waals surface area contributed by atoms with Gasteiger partial charge < -0.3 is 5.11 Å². The van der Waals surface area contributed by atoms with Crippen LogP contribution in [0.15, 0.2) is 35.4 Å². The van der Waals surface area contributed by atoms with Gasteiger partial charge in [-0.25, -0.2) is 4.39 Å². The molecule has 0 fully saturated rings. The van der Waals surface area contributed by atoms with Gasteiger partial charge in [-0.2, -0.15) is 14.6 Å². The zero-order valence-electron chi connectivity index (χ0n) is 8.96. The highest BCUT2D eigenvalue weighted by Crippen LogP contribution is 2.24. The molecular weight excluding hydrogens is 239 g/mol. The summed E-state index contributed by atoms with van der Waals surface area (Å²) in [5.74, 6) is -0.613. The molecule has 0 radical (unpaired) electrons. The number of aromatic nitrogens is 4. The molecule has 0 saturated carbocycles. The van der Waals surface area contributed by atoms with Crippen molar-refractivity contribution in [3.63, 3.8) is 0 Å². The Morgan fingerprint density at radius 1 is 1.28 bits per heavy atom. The molecule has 6 nitrogen and oxygen atoms in total. The summed E-state index contributed by atoms with van der Waals surface area (Å²) in [4.78, 5) is 18.1. The molecule has 0 aliphatic carbocycles. The minimum Gasteiger partial charge on any atom is -0.493 e. The molecular formula is C11H7FN4O2. The molecule has 0 aliphatic rings. The van der Waals surface area contributed by atoms with E-state index in [9.17, 15) is 14.3 Å². The lowest BCUT2D eigenvalue weighted by Crippen LogP contribution is -2.12. The van der Waals surface area contributed by atoms with Crippen molar-refractivity contribution in [1.82, 2.24) is 19.6 Å². The van der Waals surface area contributed by atoms with Gasteiger partial charge in [0.15, 0.2) is 0 Å². The molecule has 0 amide bonds. The Balaban J connectivity index is 2.34. The van der Waals surface area contributed by atoms with Crippen molar-refractivity contribution in [1.29, 1.82) is 0 Å². The Morgan fingerprint density at radius 2 is 2.00 bits per heavy atom. The minimum atomic E-state index is -0.514. The number of aromatic amines is 1. The van der Waals surface area contributed by atoms with Gasteiger partial charge in [-0.15, -0.1) is 0 Å². The number of hydrogen-bond donors (Lipinski definition) is 2. The molecule has 0 aliphatic heterocycles. The highest BCUT2D eigenvalue weighted by molar-refractivity contribution is 5.68. The molecule has 0 bridgehead atoms. The second-order valence-electron chi connectivity index (χ2n) is 3.66. The molecule has 0 saturated heterocycles. The van der Waals surface area contributed by atoms with Gasteiger partial charge in [-0.05, 0) is 17.7 Å². The summed E-state index contributed by atoms with van der Waals surface area (Å²) in [6, 6.07) is 5.23. The monoisotopic (exact) mass is 246 g/mol. The molecule has 1 aromatic carbocycles. The number of aromatic hydroxyl groups is 1. The lowest BCUT2D eigenvalue weighted by atomic mass is 10.1. The SMILES string of the molecule is O=c1[nH]c2ncnn2c(O)c1-c1ccc(F)cc1. The van der Waals surface area contributed by atoms with Crippen LogP contribution in [-0.4, -0.2) is 24.7 Å². The number of H-pyrrole nitrogens is 1. The van der Waals surface area contributed by atoms with Gasteiger partial charge in [0.05, 0.1) is 0 Å². The van der Waals surface area contributed by atoms with Gasteiger partial charge in [0.1, 0.15) is 17.7 Å². The number of rotatable bonds is 1. The maximum Gasteiger partial charge on any atom is 0.264 e. The van der Waals surface area contributed by atoms with Gasteiger partial charge in [0.25, 0.3) is 5.56 Å². The normalized spacial score (nSPS) is 10.9. The third-order valence-electron chi connectivity index (χ3n) is 2.56. The zero-order valence-corrected chi connectivity index (χ0v) is 8.96. The molecule has 0 spiro atoms. The molecule has 2 aromatic heterocycles. The van der Waals surface area contributed by atoms with E-state index < -0.39 is 11.4 Å². The predicted octanol–water partition coefficient (Wildman–Crippen LogP) is 0.929. The number of fused-ring (bicyclic) bond motifs is 1. The van der Waals surface area contributed by atoms with E-state index in [0.29, 0.717) is 5.56 Å². The van der Waals surface area contributed by atoms with E-state index in [1.807, 2.05) is 0 Å². The molecule has 3 rings (SSSR count). The highest BCUT2D eigenvalue weighted by Gasteiger charge is 2.14. The molecule has 0 unspecified atom stereocenters. The van der Waals surface area contributed by atoms with E-state index in [2.05, 4.69) is 15.1 Å². The second kappa shape index (κ2) is 3.66. The number of nitrogens with one attached hydrogen (secondary N) is 1. The number of nitrogens with zero attached hydrogens (tertiary/aromatic N) is 3. The smallest absolute Gasteiger partial charge is 0.264 e. The van der Waals surface area contributed by atoms with Crippen LogP contribution in [0.1, 0.15) is 0 Å². The molecule has 18 heavy (non-hydrogen) atoms. The highest BCUT2D eigenvalue weighted by atomic mass is 19.1. The van der Waals surface area contributed by atoms with Crippen LogP contribution in [0.3, 0.4) is 0 Å². The average Bonchev–Trinajstić information content (AvgIpc) is 2.80. The quantitative estimate of drug-likeness (QED) is 0.669. The Hall–Kier alpha value is -2.70. The maximum absolute atomic E-state index is 12.8. The van der Waals surface area contributed by atoms with E-state index >= 15 is 0 Å². The third kappa shape index (κ3) is 1.45. The van der Waals surface area contributed by atoms with E-state index in [4.69, 9.17) is 0 Å². The molecule has 2 N–H and O–H groups in total. The van der Waals surface area contributed by atoms with Crippen molar-refractivity contribution in [3.8, 4) is 17.0 Å². The van der Waals surface area contributed by atoms with Crippen molar-refractivity contribution in [2.75, 3.05) is 0 Å². The van der Waals surface area contributed by atoms with Gasteiger partial charge in [0, 0.05) is 0 Å². The Bertz CT molecular complexity index is 776. The van der Waals surface area contributed by atoms with E-state index in [1.165, 1.54) is 30.6 Å². The number of halogens is 1. The van der Waals surface area contributed by atoms with E-state index in [-0.39, 0.29) is 17.2 Å². The van der Waals surface area contributed by atoms with Crippen LogP contribution in [-0.2, 0) is 0 Å². The molecule has 0 atom stereocenters. The standard InChI is InChI=1S/C11H7FN4O2/c12-7-3-1-6(2-4-7)8-9(17)15-11-13-5-14-16(11)10(8)18/h1-5,18H,(H,13,14,15,17). The van der Waals surface area contributed by atoms with Crippen LogP contribution in [0.25, 0.3) is 16.9 Å². The van der Waals surface area contributed by atoms with Crippen molar-refractivity contribution < 1.29 is 9.50 Å². The van der Waals surface area contributed by atoms with Gasteiger partial charge >= 0.3 is 0 Å². The first-order valence-corrected chi connectivity index (χ1v) is 5.08. The summed E-state index contributed by atoms with van der Waals surface area (Å²) >= 11 is 0. The van der Waals surface area contributed by atoms with Crippen LogP contribution in [0, 0.1) is 5.82 Å². The fourth-order valence-corrected chi connectivity index (χ4v) is 1.73. The van der Waals surface area contributed by atoms with Crippen molar-refractivity contribution in [2.24, 2.45) is 0 Å². The van der Waals surface area contributed by atoms with Crippen LogP contribution >= 0.6 is 0 Å². The molecule has 7 heteroatoms. The van der Waals surface area contributed by atoms with Crippen molar-refractivity contribution >= 4 is 5.78 Å². The largest absolute Gasteiger partial charge is 0.493 e. The first-order valence-electron chi connectivity index (χ1n) is 5.08. The second-order valence-corrected chi connectivity index (χ2v) is 3.66. The molecule has 3 aromatic rings. The summed E-state index contributed by atoms with van der Waals surface area (Å²) < 4.78 is 13.9. The van der Waals surface area contributed by atoms with Crippen LogP contribution in [0.2, 0.25) is 0 Å². The zero-order chi connectivity index (χ0) is 12.7. The number of benzene rings is 1. The Kier molecular flexibility index (Phi) is 2.12. The summed E-state index contributed by atoms with van der Waals surface area (Å²) in [6.07, 6.45) is 1.21. The summed E-state index contributed by atoms with van der Waals surface area (Å²) in [5, 5.41) is 13.8. The Labute approximate surface area is 99.4 Å². The van der Waals surface area contributed by atoms with Gasteiger partial charge in [0.2, 0.25) is 11.7 Å². The van der Waals surface area contributed by atoms with Crippen molar-refractivity contribution in [2.45, 2.75) is 0 Å². The van der Waals surface area contributed by atoms with Crippen molar-refractivity contribution in [3.05, 3.63) is 46.8 Å². The molecule has 90 valence electrons. The maximum atomic E-state index is 12.8. The summed E-state index contributed by atoms with van der Waals surface area (Å²) in [6.45, 7) is 0. The molecule has 2 heterocycles. The lowest BCUT2D eigenvalue weighted by Gasteiger charge is -2.04. The predicted molar refractivity (Wildman–Crippen MR) is 60.7 cm³/mol. The van der Waals surface area contributed by atoms with E-state index in [0.717, 1.165) is 4.52 Å². The first kappa shape index (κ1) is 10.5. The number of hydrogen-bond acceptors (Lipinski definition) is 4. The van der Waals surface area contributed by atoms with E-state index in [1.54, 1.807) is 0 Å². The minimum absolute atomic E-state index is 0.0213. The van der Waals surface area contributed by atoms with Crippen LogP contribution < -0.4 is 5.56 Å². The average molecular weight is 246 g/mol. The van der Waals surface area contributed by atoms with Gasteiger partial charge in [-0.3, -0.25) is 9.78 Å². The third-order valence-corrected chi connectivity index (χ3v) is 2.56. The van der Waals surface area contributed by atoms with Crippen LogP contribution in [0.4, 0.5) is 4.39 Å². The van der Waals surface area contributed by atoms with Crippen LogP contribution in [0.5, 0.6) is 5.88 Å². The fourth-order valence-electron chi connectivity index (χ4n) is 1.73. The summed E-state index contributed by atoms with van der Waals surface area (Å²) in [7, 11) is 0. The fraction of sp³-hybridized carbons (Fsp3) is 0. The lowest BCUT2D eigenvalue weighted by molar-refractivity contribution is 0.436. The Morgan fingerprint density at radius 3 is 2.72 bits per heavy atom. The first-order chi connectivity index (χ1) is 8.66.